The average molecular weight is 195 g/mol. The highest BCUT2D eigenvalue weighted by molar-refractivity contribution is 5.76. The number of piperidine rings is 1. The lowest BCUT2D eigenvalue weighted by Crippen LogP contribution is -2.34. The fraction of sp³-hybridized carbons (Fsp3) is 0.857. The average Bonchev–Trinajstić information content (AvgIpc) is 2.51. The first kappa shape index (κ1) is 8.80. The lowest BCUT2D eigenvalue weighted by molar-refractivity contribution is -0.206. The van der Waals surface area contributed by atoms with Crippen molar-refractivity contribution in [3.63, 3.8) is 0 Å². The molecule has 2 rings (SSSR count). The molecule has 0 aromatic carbocycles. The summed E-state index contributed by atoms with van der Waals surface area (Å²) in [5, 5.41) is 2.87. The molecule has 0 aromatic heterocycles. The van der Waals surface area contributed by atoms with Gasteiger partial charge in [-0.05, 0) is 6.42 Å². The van der Waals surface area contributed by atoms with E-state index in [2.05, 4.69) is 10.1 Å². The summed E-state index contributed by atoms with van der Waals surface area (Å²) in [4.78, 5) is 10.5. The molecule has 1 N–H and O–H groups in total. The van der Waals surface area contributed by atoms with Crippen LogP contribution in [0.2, 0.25) is 0 Å². The molecule has 0 aromatic rings. The molecule has 1 aliphatic heterocycles. The number of fused-ring (bicyclic) bond motifs is 1. The molecule has 13 heavy (non-hydrogen) atoms. The Bertz CT molecular complexity index is 253. The van der Waals surface area contributed by atoms with Gasteiger partial charge in [0.15, 0.2) is 0 Å². The molecule has 2 aliphatic rings. The third kappa shape index (κ3) is 1.39. The van der Waals surface area contributed by atoms with Gasteiger partial charge in [-0.2, -0.15) is 13.2 Å². The van der Waals surface area contributed by atoms with Crippen molar-refractivity contribution in [2.24, 2.45) is 5.92 Å². The number of ether oxygens (including phenoxy) is 1. The van der Waals surface area contributed by atoms with Gasteiger partial charge in [0.1, 0.15) is 5.60 Å². The molecule has 2 fully saturated rings. The van der Waals surface area contributed by atoms with Gasteiger partial charge in [0.05, 0.1) is 0 Å². The number of halogens is 3. The zero-order valence-electron chi connectivity index (χ0n) is 6.65. The van der Waals surface area contributed by atoms with Gasteiger partial charge in [-0.15, -0.1) is 0 Å². The first-order valence-corrected chi connectivity index (χ1v) is 3.95. The summed E-state index contributed by atoms with van der Waals surface area (Å²) in [5.74, 6) is -1.99. The Balaban J connectivity index is 1.96. The predicted molar refractivity (Wildman–Crippen MR) is 35.9 cm³/mol. The van der Waals surface area contributed by atoms with Crippen LogP contribution in [0, 0.1) is 5.92 Å². The second-order valence-electron chi connectivity index (χ2n) is 3.48. The summed E-state index contributed by atoms with van der Waals surface area (Å²) in [7, 11) is 0. The van der Waals surface area contributed by atoms with Gasteiger partial charge in [-0.3, -0.25) is 0 Å². The summed E-state index contributed by atoms with van der Waals surface area (Å²) in [6, 6.07) is 0. The minimum absolute atomic E-state index is 0.0822. The van der Waals surface area contributed by atoms with Crippen molar-refractivity contribution in [2.75, 3.05) is 13.1 Å². The third-order valence-corrected chi connectivity index (χ3v) is 2.52. The minimum atomic E-state index is -4.87. The molecule has 2 atom stereocenters. The van der Waals surface area contributed by atoms with Gasteiger partial charge < -0.3 is 10.1 Å². The van der Waals surface area contributed by atoms with Gasteiger partial charge in [0.25, 0.3) is 0 Å². The predicted octanol–water partition coefficient (Wildman–Crippen LogP) is 0.454. The van der Waals surface area contributed by atoms with Crippen molar-refractivity contribution in [2.45, 2.75) is 18.2 Å². The smallest absolute Gasteiger partial charge is 0.451 e. The van der Waals surface area contributed by atoms with Crippen LogP contribution in [0.5, 0.6) is 0 Å². The molecule has 6 heteroatoms. The van der Waals surface area contributed by atoms with Crippen molar-refractivity contribution in [3.8, 4) is 0 Å². The lowest BCUT2D eigenvalue weighted by Gasteiger charge is -2.14. The van der Waals surface area contributed by atoms with E-state index in [0.29, 0.717) is 19.5 Å². The van der Waals surface area contributed by atoms with Gasteiger partial charge in [0, 0.05) is 19.0 Å². The Labute approximate surface area is 72.2 Å². The molecule has 1 aliphatic carbocycles. The Morgan fingerprint density at radius 3 is 2.62 bits per heavy atom. The van der Waals surface area contributed by atoms with Crippen LogP contribution in [0.25, 0.3) is 0 Å². The molecule has 1 saturated carbocycles. The van der Waals surface area contributed by atoms with Crippen LogP contribution in [0.15, 0.2) is 0 Å². The number of carbonyl (C=O) groups is 1. The third-order valence-electron chi connectivity index (χ3n) is 2.52. The van der Waals surface area contributed by atoms with Crippen LogP contribution in [-0.2, 0) is 9.53 Å². The summed E-state index contributed by atoms with van der Waals surface area (Å²) < 4.78 is 39.8. The summed E-state index contributed by atoms with van der Waals surface area (Å²) >= 11 is 0. The fourth-order valence-electron chi connectivity index (χ4n) is 1.69. The maximum Gasteiger partial charge on any atom is 0.490 e. The van der Waals surface area contributed by atoms with Crippen molar-refractivity contribution >= 4 is 5.97 Å². The highest BCUT2D eigenvalue weighted by Crippen LogP contribution is 2.50. The highest BCUT2D eigenvalue weighted by Gasteiger charge is 2.63. The topological polar surface area (TPSA) is 38.3 Å². The monoisotopic (exact) mass is 195 g/mol. The van der Waals surface area contributed by atoms with E-state index in [-0.39, 0.29) is 5.92 Å². The molecule has 1 saturated heterocycles. The van der Waals surface area contributed by atoms with Crippen molar-refractivity contribution < 1.29 is 22.7 Å². The second-order valence-corrected chi connectivity index (χ2v) is 3.48. The number of hydrogen-bond acceptors (Lipinski definition) is 3. The number of carbonyl (C=O) groups excluding carboxylic acids is 1. The van der Waals surface area contributed by atoms with Crippen LogP contribution >= 0.6 is 0 Å². The maximum absolute atomic E-state index is 11.8. The molecule has 0 bridgehead atoms. The molecule has 2 unspecified atom stereocenters. The van der Waals surface area contributed by atoms with Crippen LogP contribution in [-0.4, -0.2) is 30.8 Å². The Morgan fingerprint density at radius 1 is 1.54 bits per heavy atom. The highest BCUT2D eigenvalue weighted by atomic mass is 19.4. The van der Waals surface area contributed by atoms with Crippen molar-refractivity contribution in [1.29, 1.82) is 0 Å². The Morgan fingerprint density at radius 2 is 2.23 bits per heavy atom. The van der Waals surface area contributed by atoms with Crippen LogP contribution in [0.3, 0.4) is 0 Å². The molecule has 1 heterocycles. The van der Waals surface area contributed by atoms with E-state index in [1.165, 1.54) is 0 Å². The fourth-order valence-corrected chi connectivity index (χ4v) is 1.69. The molecule has 3 nitrogen and oxygen atoms in total. The number of esters is 1. The maximum atomic E-state index is 11.8. The molecular weight excluding hydrogens is 187 g/mol. The van der Waals surface area contributed by atoms with Crippen LogP contribution in [0.1, 0.15) is 6.42 Å². The Hall–Kier alpha value is -0.780. The standard InChI is InChI=1S/C7H8F3NO2/c8-7(9,10)5(12)13-6-1-4(6)2-11-3-6/h4,11H,1-3H2. The van der Waals surface area contributed by atoms with Crippen LogP contribution < -0.4 is 5.32 Å². The first-order chi connectivity index (χ1) is 5.94. The number of rotatable bonds is 1. The minimum Gasteiger partial charge on any atom is -0.451 e. The van der Waals surface area contributed by atoms with E-state index in [0.717, 1.165) is 0 Å². The number of hydrogen-bond donors (Lipinski definition) is 1. The van der Waals surface area contributed by atoms with Gasteiger partial charge in [-0.25, -0.2) is 4.79 Å². The summed E-state index contributed by atoms with van der Waals surface area (Å²) in [6.07, 6.45) is -4.31. The van der Waals surface area contributed by atoms with Crippen LogP contribution in [0.4, 0.5) is 13.2 Å². The molecule has 0 spiro atoms. The van der Waals surface area contributed by atoms with E-state index >= 15 is 0 Å². The zero-order chi connectivity index (χ0) is 9.69. The van der Waals surface area contributed by atoms with E-state index in [9.17, 15) is 18.0 Å². The normalized spacial score (nSPS) is 37.0. The van der Waals surface area contributed by atoms with Gasteiger partial charge >= 0.3 is 12.1 Å². The second kappa shape index (κ2) is 2.37. The van der Waals surface area contributed by atoms with E-state index in [4.69, 9.17) is 0 Å². The van der Waals surface area contributed by atoms with E-state index < -0.39 is 17.7 Å². The summed E-state index contributed by atoms with van der Waals surface area (Å²) in [6.45, 7) is 0.991. The van der Waals surface area contributed by atoms with E-state index in [1.54, 1.807) is 0 Å². The van der Waals surface area contributed by atoms with Gasteiger partial charge in [-0.1, -0.05) is 0 Å². The quantitative estimate of drug-likeness (QED) is 0.617. The molecule has 74 valence electrons. The Kier molecular flexibility index (Phi) is 1.61. The zero-order valence-corrected chi connectivity index (χ0v) is 6.65. The molecule has 0 amide bonds. The van der Waals surface area contributed by atoms with E-state index in [1.807, 2.05) is 0 Å². The first-order valence-electron chi connectivity index (χ1n) is 3.95. The SMILES string of the molecule is O=C(OC12CNCC1C2)C(F)(F)F. The lowest BCUT2D eigenvalue weighted by atomic mass is 10.3. The molecule has 0 radical (unpaired) electrons. The number of nitrogens with one attached hydrogen (secondary N) is 1. The molecular formula is C7H8F3NO2. The number of alkyl halides is 3. The largest absolute Gasteiger partial charge is 0.490 e. The van der Waals surface area contributed by atoms with Crippen molar-refractivity contribution in [1.82, 2.24) is 5.32 Å². The van der Waals surface area contributed by atoms with Gasteiger partial charge in [0.2, 0.25) is 0 Å². The summed E-state index contributed by atoms with van der Waals surface area (Å²) in [5.41, 5.74) is -0.841. The van der Waals surface area contributed by atoms with Crippen molar-refractivity contribution in [3.05, 3.63) is 0 Å².